The maximum absolute atomic E-state index is 12.1. The molecule has 126 valence electrons. The van der Waals surface area contributed by atoms with Crippen molar-refractivity contribution in [3.05, 3.63) is 33.4 Å². The number of aromatic nitrogens is 1. The van der Waals surface area contributed by atoms with Gasteiger partial charge in [-0.3, -0.25) is 14.2 Å². The van der Waals surface area contributed by atoms with Crippen LogP contribution in [0.25, 0.3) is 10.2 Å². The predicted molar refractivity (Wildman–Crippen MR) is 90.4 cm³/mol. The van der Waals surface area contributed by atoms with Crippen LogP contribution >= 0.6 is 11.3 Å². The molecule has 24 heavy (non-hydrogen) atoms. The number of ether oxygens (including phenoxy) is 1. The molecule has 8 nitrogen and oxygen atoms in total. The third-order valence-electron chi connectivity index (χ3n) is 3.59. The maximum atomic E-state index is 12.1. The van der Waals surface area contributed by atoms with Crippen molar-refractivity contribution >= 4 is 39.3 Å². The standard InChI is InChI=1S/C15H16N4O4S/c1-3-23-12(20)7-19-10-6-9(4-5-11(10)24-15(19)22)13-8(2)16-14(21)18-17-13/h4-6,8H,3,7H2,1-2H3,(H2,16,18,21). The van der Waals surface area contributed by atoms with Crippen molar-refractivity contribution in [2.75, 3.05) is 6.61 Å². The Morgan fingerprint density at radius 3 is 2.92 bits per heavy atom. The number of benzene rings is 1. The third-order valence-corrected chi connectivity index (χ3v) is 4.55. The largest absolute Gasteiger partial charge is 0.465 e. The minimum absolute atomic E-state index is 0.132. The SMILES string of the molecule is CCOC(=O)Cn1c(=O)sc2ccc(C3=NNC(=O)NC3C)cc21. The van der Waals surface area contributed by atoms with Crippen LogP contribution in [0.1, 0.15) is 19.4 Å². The molecule has 0 bridgehead atoms. The molecule has 1 aliphatic rings. The van der Waals surface area contributed by atoms with Crippen LogP contribution in [0.5, 0.6) is 0 Å². The van der Waals surface area contributed by atoms with Crippen molar-refractivity contribution in [1.82, 2.24) is 15.3 Å². The average molecular weight is 348 g/mol. The zero-order valence-electron chi connectivity index (χ0n) is 13.2. The fourth-order valence-corrected chi connectivity index (χ4v) is 3.40. The molecule has 2 N–H and O–H groups in total. The van der Waals surface area contributed by atoms with Crippen LogP contribution < -0.4 is 15.6 Å². The van der Waals surface area contributed by atoms with Gasteiger partial charge in [-0.05, 0) is 26.0 Å². The second kappa shape index (κ2) is 6.44. The number of fused-ring (bicyclic) bond motifs is 1. The van der Waals surface area contributed by atoms with Gasteiger partial charge in [0.25, 0.3) is 0 Å². The summed E-state index contributed by atoms with van der Waals surface area (Å²) in [4.78, 5) is 34.9. The number of carbonyl (C=O) groups excluding carboxylic acids is 2. The molecule has 2 amide bonds. The Morgan fingerprint density at radius 2 is 2.21 bits per heavy atom. The summed E-state index contributed by atoms with van der Waals surface area (Å²) in [6, 6.07) is 4.81. The summed E-state index contributed by atoms with van der Waals surface area (Å²) in [5.74, 6) is -0.456. The van der Waals surface area contributed by atoms with Crippen LogP contribution in [-0.4, -0.2) is 34.9 Å². The van der Waals surface area contributed by atoms with Gasteiger partial charge in [-0.25, -0.2) is 10.2 Å². The first-order chi connectivity index (χ1) is 11.5. The van der Waals surface area contributed by atoms with Crippen LogP contribution in [0, 0.1) is 0 Å². The molecular formula is C15H16N4O4S. The second-order valence-electron chi connectivity index (χ2n) is 5.25. The number of thiazole rings is 1. The number of hydrogen-bond donors (Lipinski definition) is 2. The molecular weight excluding hydrogens is 332 g/mol. The van der Waals surface area contributed by atoms with Crippen molar-refractivity contribution < 1.29 is 14.3 Å². The molecule has 0 fully saturated rings. The van der Waals surface area contributed by atoms with Crippen LogP contribution in [0.2, 0.25) is 0 Å². The van der Waals surface area contributed by atoms with Gasteiger partial charge in [-0.1, -0.05) is 17.4 Å². The lowest BCUT2D eigenvalue weighted by Gasteiger charge is -2.21. The van der Waals surface area contributed by atoms with Gasteiger partial charge >= 0.3 is 16.9 Å². The Bertz CT molecular complexity index is 899. The maximum Gasteiger partial charge on any atom is 0.335 e. The fourth-order valence-electron chi connectivity index (χ4n) is 2.53. The number of hydrazone groups is 1. The molecule has 1 unspecified atom stereocenters. The molecule has 2 heterocycles. The summed E-state index contributed by atoms with van der Waals surface area (Å²) in [6.07, 6.45) is 0. The smallest absolute Gasteiger partial charge is 0.335 e. The number of rotatable bonds is 4. The number of hydrogen-bond acceptors (Lipinski definition) is 6. The van der Waals surface area contributed by atoms with Crippen molar-refractivity contribution in [3.8, 4) is 0 Å². The Kier molecular flexibility index (Phi) is 4.34. The lowest BCUT2D eigenvalue weighted by Crippen LogP contribution is -2.48. The lowest BCUT2D eigenvalue weighted by atomic mass is 10.0. The molecule has 1 aromatic carbocycles. The zero-order valence-corrected chi connectivity index (χ0v) is 14.0. The highest BCUT2D eigenvalue weighted by atomic mass is 32.1. The van der Waals surface area contributed by atoms with Gasteiger partial charge in [0.2, 0.25) is 0 Å². The molecule has 1 aromatic heterocycles. The highest BCUT2D eigenvalue weighted by molar-refractivity contribution is 7.16. The van der Waals surface area contributed by atoms with E-state index in [9.17, 15) is 14.4 Å². The minimum Gasteiger partial charge on any atom is -0.465 e. The summed E-state index contributed by atoms with van der Waals surface area (Å²) >= 11 is 1.07. The molecule has 0 aliphatic carbocycles. The summed E-state index contributed by atoms with van der Waals surface area (Å²) in [6.45, 7) is 3.67. The van der Waals surface area contributed by atoms with Crippen LogP contribution in [0.4, 0.5) is 4.79 Å². The molecule has 0 saturated heterocycles. The number of esters is 1. The van der Waals surface area contributed by atoms with E-state index in [0.29, 0.717) is 11.2 Å². The van der Waals surface area contributed by atoms with E-state index in [1.165, 1.54) is 4.57 Å². The van der Waals surface area contributed by atoms with Crippen LogP contribution in [-0.2, 0) is 16.1 Å². The van der Waals surface area contributed by atoms with Gasteiger partial charge in [0, 0.05) is 5.56 Å². The van der Waals surface area contributed by atoms with E-state index in [-0.39, 0.29) is 30.1 Å². The third kappa shape index (κ3) is 3.02. The lowest BCUT2D eigenvalue weighted by molar-refractivity contribution is -0.143. The quantitative estimate of drug-likeness (QED) is 0.806. The monoisotopic (exact) mass is 348 g/mol. The van der Waals surface area contributed by atoms with Gasteiger partial charge in [0.15, 0.2) is 0 Å². The Hall–Kier alpha value is -2.68. The van der Waals surface area contributed by atoms with Crippen molar-refractivity contribution in [3.63, 3.8) is 0 Å². The Labute approximate surface area is 141 Å². The molecule has 1 atom stereocenters. The van der Waals surface area contributed by atoms with E-state index < -0.39 is 5.97 Å². The highest BCUT2D eigenvalue weighted by Crippen LogP contribution is 2.20. The molecule has 2 aromatic rings. The van der Waals surface area contributed by atoms with E-state index in [1.807, 2.05) is 19.1 Å². The van der Waals surface area contributed by atoms with Gasteiger partial charge < -0.3 is 10.1 Å². The van der Waals surface area contributed by atoms with E-state index in [2.05, 4.69) is 15.8 Å². The first-order valence-electron chi connectivity index (χ1n) is 7.43. The minimum atomic E-state index is -0.456. The topological polar surface area (TPSA) is 102 Å². The van der Waals surface area contributed by atoms with Crippen molar-refractivity contribution in [2.24, 2.45) is 5.10 Å². The van der Waals surface area contributed by atoms with E-state index in [4.69, 9.17) is 4.74 Å². The van der Waals surface area contributed by atoms with Crippen molar-refractivity contribution in [1.29, 1.82) is 0 Å². The predicted octanol–water partition coefficient (Wildman–Crippen LogP) is 1.03. The van der Waals surface area contributed by atoms with Crippen LogP contribution in [0.3, 0.4) is 0 Å². The molecule has 0 radical (unpaired) electrons. The number of carbonyl (C=O) groups is 2. The molecule has 0 saturated carbocycles. The van der Waals surface area contributed by atoms with Gasteiger partial charge in [0.1, 0.15) is 6.54 Å². The van der Waals surface area contributed by atoms with Gasteiger partial charge in [0.05, 0.1) is 28.6 Å². The molecule has 0 spiro atoms. The van der Waals surface area contributed by atoms with Crippen LogP contribution in [0.15, 0.2) is 28.1 Å². The first-order valence-corrected chi connectivity index (χ1v) is 8.24. The fraction of sp³-hybridized carbons (Fsp3) is 0.333. The first kappa shape index (κ1) is 16.2. The Morgan fingerprint density at radius 1 is 1.42 bits per heavy atom. The van der Waals surface area contributed by atoms with Gasteiger partial charge in [-0.15, -0.1) is 0 Å². The number of amides is 2. The van der Waals surface area contributed by atoms with E-state index in [1.54, 1.807) is 13.0 Å². The summed E-state index contributed by atoms with van der Waals surface area (Å²) in [5.41, 5.74) is 4.43. The summed E-state index contributed by atoms with van der Waals surface area (Å²) < 4.78 is 7.08. The molecule has 9 heteroatoms. The number of nitrogens with one attached hydrogen (secondary N) is 2. The summed E-state index contributed by atoms with van der Waals surface area (Å²) in [7, 11) is 0. The average Bonchev–Trinajstić information content (AvgIpc) is 2.83. The normalized spacial score (nSPS) is 17.2. The molecule has 3 rings (SSSR count). The second-order valence-corrected chi connectivity index (χ2v) is 6.24. The summed E-state index contributed by atoms with van der Waals surface area (Å²) in [5, 5.41) is 6.80. The van der Waals surface area contributed by atoms with E-state index in [0.717, 1.165) is 21.6 Å². The number of urea groups is 1. The number of nitrogens with zero attached hydrogens (tertiary/aromatic N) is 2. The van der Waals surface area contributed by atoms with E-state index >= 15 is 0 Å². The zero-order chi connectivity index (χ0) is 17.3. The van der Waals surface area contributed by atoms with Crippen molar-refractivity contribution in [2.45, 2.75) is 26.4 Å². The highest BCUT2D eigenvalue weighted by Gasteiger charge is 2.21. The van der Waals surface area contributed by atoms with Gasteiger partial charge in [-0.2, -0.15) is 5.10 Å². The molecule has 1 aliphatic heterocycles. The Balaban J connectivity index is 2.02.